The maximum Gasteiger partial charge on any atom is 0.416 e. The number of carbonyl (C=O) groups is 4. The molecule has 1 N–H and O–H groups in total. The van der Waals surface area contributed by atoms with E-state index in [4.69, 9.17) is 4.74 Å². The average molecular weight is 772 g/mol. The molecule has 3 aliphatic heterocycles. The Morgan fingerprint density at radius 1 is 0.857 bits per heavy atom. The smallest absolute Gasteiger partial charge is 0.416 e. The van der Waals surface area contributed by atoms with E-state index < -0.39 is 60.4 Å². The number of nitrogens with zero attached hydrogens (tertiary/aromatic N) is 4. The van der Waals surface area contributed by atoms with Crippen LogP contribution in [0.1, 0.15) is 73.2 Å². The Bertz CT molecular complexity index is 1880. The molecule has 0 unspecified atom stereocenters. The number of alkyl halides is 3. The third-order valence-corrected chi connectivity index (χ3v) is 11.6. The molecule has 0 aromatic heterocycles. The van der Waals surface area contributed by atoms with E-state index in [1.54, 1.807) is 11.0 Å². The van der Waals surface area contributed by atoms with Gasteiger partial charge >= 0.3 is 12.3 Å². The van der Waals surface area contributed by atoms with E-state index in [1.807, 2.05) is 66.7 Å². The second-order valence-electron chi connectivity index (χ2n) is 15.0. The highest BCUT2D eigenvalue weighted by atomic mass is 19.4. The van der Waals surface area contributed by atoms with Crippen LogP contribution in [0.4, 0.5) is 18.0 Å². The zero-order chi connectivity index (χ0) is 39.2. The van der Waals surface area contributed by atoms with Crippen molar-refractivity contribution in [1.82, 2.24) is 24.9 Å². The molecule has 10 nitrogen and oxygen atoms in total. The van der Waals surface area contributed by atoms with Crippen LogP contribution in [-0.2, 0) is 31.8 Å². The molecule has 4 fully saturated rings. The third kappa shape index (κ3) is 8.62. The van der Waals surface area contributed by atoms with Crippen LogP contribution >= 0.6 is 0 Å². The van der Waals surface area contributed by atoms with Gasteiger partial charge in [-0.15, -0.1) is 0 Å². The summed E-state index contributed by atoms with van der Waals surface area (Å²) in [6.45, 7) is 2.26. The molecule has 4 aliphatic rings. The third-order valence-electron chi connectivity index (χ3n) is 11.6. The Labute approximate surface area is 325 Å². The fourth-order valence-corrected chi connectivity index (χ4v) is 8.65. The summed E-state index contributed by atoms with van der Waals surface area (Å²) in [6, 6.07) is 20.5. The quantitative estimate of drug-likeness (QED) is 0.213. The second kappa shape index (κ2) is 17.3. The van der Waals surface area contributed by atoms with Crippen molar-refractivity contribution in [2.75, 3.05) is 32.8 Å². The Kier molecular flexibility index (Phi) is 12.1. The molecule has 4 amide bonds. The van der Waals surface area contributed by atoms with E-state index in [0.717, 1.165) is 30.3 Å². The first-order valence-electron chi connectivity index (χ1n) is 19.6. The van der Waals surface area contributed by atoms with Gasteiger partial charge in [0.2, 0.25) is 17.7 Å². The lowest BCUT2D eigenvalue weighted by atomic mass is 9.87. The molecule has 0 bridgehead atoms. The van der Waals surface area contributed by atoms with Crippen LogP contribution in [0.2, 0.25) is 0 Å². The van der Waals surface area contributed by atoms with Crippen molar-refractivity contribution in [3.63, 3.8) is 0 Å². The SMILES string of the molecule is O=C(NCc1ccccc1C(F)(F)F)[C@H](CCC(=O)N1CCN(C2CCCCC2)CC1)N1C(=O)[C@@H](N2C(=O)OC[C@@H]2c2ccccc2)[C@H]1/C=C/c1ccccc1. The molecule has 1 aliphatic carbocycles. The van der Waals surface area contributed by atoms with Crippen molar-refractivity contribution in [1.29, 1.82) is 0 Å². The van der Waals surface area contributed by atoms with Crippen LogP contribution in [0.3, 0.4) is 0 Å². The summed E-state index contributed by atoms with van der Waals surface area (Å²) in [7, 11) is 0. The highest BCUT2D eigenvalue weighted by Crippen LogP contribution is 2.39. The monoisotopic (exact) mass is 771 g/mol. The zero-order valence-corrected chi connectivity index (χ0v) is 31.3. The number of β-lactam (4-membered cyclic amide) rings is 1. The summed E-state index contributed by atoms with van der Waals surface area (Å²) in [5.41, 5.74) is 0.601. The molecule has 3 aromatic rings. The number of likely N-dealkylation sites (tertiary alicyclic amines) is 1. The lowest BCUT2D eigenvalue weighted by Crippen LogP contribution is -2.74. The Morgan fingerprint density at radius 2 is 1.52 bits per heavy atom. The van der Waals surface area contributed by atoms with Crippen molar-refractivity contribution >= 4 is 29.9 Å². The van der Waals surface area contributed by atoms with E-state index >= 15 is 0 Å². The first-order chi connectivity index (χ1) is 27.1. The minimum atomic E-state index is -4.64. The van der Waals surface area contributed by atoms with Crippen LogP contribution in [0, 0.1) is 0 Å². The molecular weight excluding hydrogens is 723 g/mol. The molecule has 296 valence electrons. The minimum absolute atomic E-state index is 0.0345. The van der Waals surface area contributed by atoms with Crippen molar-refractivity contribution in [3.8, 4) is 0 Å². The number of rotatable bonds is 12. The van der Waals surface area contributed by atoms with Crippen molar-refractivity contribution in [2.45, 2.75) is 87.9 Å². The minimum Gasteiger partial charge on any atom is -0.447 e. The summed E-state index contributed by atoms with van der Waals surface area (Å²) in [6.07, 6.45) is 4.20. The number of benzene rings is 3. The van der Waals surface area contributed by atoms with Gasteiger partial charge in [0.05, 0.1) is 17.6 Å². The van der Waals surface area contributed by atoms with Gasteiger partial charge in [0.25, 0.3) is 0 Å². The van der Waals surface area contributed by atoms with Crippen LogP contribution in [0.25, 0.3) is 6.08 Å². The number of carbonyl (C=O) groups excluding carboxylic acids is 4. The maximum absolute atomic E-state index is 14.4. The molecule has 0 spiro atoms. The van der Waals surface area contributed by atoms with Gasteiger partial charge < -0.3 is 19.9 Å². The Balaban J connectivity index is 1.15. The highest BCUT2D eigenvalue weighted by molar-refractivity contribution is 5.98. The molecule has 7 rings (SSSR count). The van der Waals surface area contributed by atoms with Gasteiger partial charge in [0, 0.05) is 45.2 Å². The predicted octanol–water partition coefficient (Wildman–Crippen LogP) is 6.43. The largest absolute Gasteiger partial charge is 0.447 e. The predicted molar refractivity (Wildman–Crippen MR) is 204 cm³/mol. The number of hydrogen-bond acceptors (Lipinski definition) is 6. The molecule has 3 aromatic carbocycles. The van der Waals surface area contributed by atoms with Gasteiger partial charge in [-0.05, 0) is 42.0 Å². The number of piperazine rings is 1. The molecular formula is C43H48F3N5O5. The topological polar surface area (TPSA) is 103 Å². The van der Waals surface area contributed by atoms with E-state index in [2.05, 4.69) is 10.2 Å². The number of nitrogens with one attached hydrogen (secondary N) is 1. The lowest BCUT2D eigenvalue weighted by molar-refractivity contribution is -0.163. The van der Waals surface area contributed by atoms with Gasteiger partial charge in [0.15, 0.2) is 0 Å². The fraction of sp³-hybridized carbons (Fsp3) is 0.442. The molecule has 13 heteroatoms. The number of amides is 4. The lowest BCUT2D eigenvalue weighted by Gasteiger charge is -2.52. The second-order valence-corrected chi connectivity index (χ2v) is 15.0. The van der Waals surface area contributed by atoms with E-state index in [-0.39, 0.29) is 30.9 Å². The number of hydrogen-bond donors (Lipinski definition) is 1. The summed E-state index contributed by atoms with van der Waals surface area (Å²) in [5, 5.41) is 2.66. The first kappa shape index (κ1) is 39.1. The van der Waals surface area contributed by atoms with Gasteiger partial charge in [0.1, 0.15) is 18.7 Å². The van der Waals surface area contributed by atoms with Crippen molar-refractivity contribution < 1.29 is 37.1 Å². The van der Waals surface area contributed by atoms with Gasteiger partial charge in [-0.25, -0.2) is 4.79 Å². The van der Waals surface area contributed by atoms with Crippen LogP contribution in [0.15, 0.2) is 91.0 Å². The van der Waals surface area contributed by atoms with Gasteiger partial charge in [-0.2, -0.15) is 13.2 Å². The van der Waals surface area contributed by atoms with Crippen LogP contribution in [0.5, 0.6) is 0 Å². The molecule has 56 heavy (non-hydrogen) atoms. The highest BCUT2D eigenvalue weighted by Gasteiger charge is 2.58. The summed E-state index contributed by atoms with van der Waals surface area (Å²) in [5.74, 6) is -1.36. The normalized spacial score (nSPS) is 22.9. The molecule has 4 atom stereocenters. The van der Waals surface area contributed by atoms with Crippen LogP contribution < -0.4 is 5.32 Å². The first-order valence-corrected chi connectivity index (χ1v) is 19.6. The number of ether oxygens (including phenoxy) is 1. The van der Waals surface area contributed by atoms with Crippen molar-refractivity contribution in [3.05, 3.63) is 113 Å². The molecule has 3 saturated heterocycles. The molecule has 1 saturated carbocycles. The van der Waals surface area contributed by atoms with Crippen LogP contribution in [-0.4, -0.2) is 100 Å². The standard InChI is InChI=1S/C43H48F3N5O5/c44-43(45,46)34-19-11-10-16-32(34)28-47-40(53)36(22-23-38(52)49-26-24-48(25-27-49)33-17-8-3-9-18-33)50-35(21-20-30-12-4-1-5-13-30)39(41(50)54)51-37(29-56-42(51)55)31-14-6-2-7-15-31/h1-2,4-7,10-16,19-21,33,35-37,39H,3,8-9,17-18,22-29H2,(H,47,53)/b21-20+/t35-,36+,37-,39+/m1/s1. The number of cyclic esters (lactones) is 1. The fourth-order valence-electron chi connectivity index (χ4n) is 8.65. The maximum atomic E-state index is 14.4. The van der Waals surface area contributed by atoms with Gasteiger partial charge in [-0.3, -0.25) is 24.2 Å². The van der Waals surface area contributed by atoms with Gasteiger partial charge in [-0.1, -0.05) is 110 Å². The van der Waals surface area contributed by atoms with Crippen molar-refractivity contribution in [2.24, 2.45) is 0 Å². The Morgan fingerprint density at radius 3 is 2.21 bits per heavy atom. The summed E-state index contributed by atoms with van der Waals surface area (Å²) in [4.78, 5) is 62.8. The number of halogens is 3. The van der Waals surface area contributed by atoms with E-state index in [9.17, 15) is 32.3 Å². The Hall–Kier alpha value is -5.17. The molecule has 0 radical (unpaired) electrons. The summed E-state index contributed by atoms with van der Waals surface area (Å²) >= 11 is 0. The summed E-state index contributed by atoms with van der Waals surface area (Å²) < 4.78 is 47.1. The van der Waals surface area contributed by atoms with E-state index in [0.29, 0.717) is 19.1 Å². The van der Waals surface area contributed by atoms with E-state index in [1.165, 1.54) is 60.1 Å². The molecule has 3 heterocycles. The zero-order valence-electron chi connectivity index (χ0n) is 31.3. The average Bonchev–Trinajstić information content (AvgIpc) is 3.60.